The van der Waals surface area contributed by atoms with Crippen LogP contribution in [0.25, 0.3) is 11.4 Å². The third-order valence-corrected chi connectivity index (χ3v) is 3.16. The smallest absolute Gasteiger partial charge is 0.251 e. The van der Waals surface area contributed by atoms with Crippen LogP contribution in [0.3, 0.4) is 0 Å². The van der Waals surface area contributed by atoms with Crippen molar-refractivity contribution in [2.24, 2.45) is 0 Å². The van der Waals surface area contributed by atoms with Crippen molar-refractivity contribution in [1.82, 2.24) is 9.97 Å². The van der Waals surface area contributed by atoms with Crippen LogP contribution in [0.2, 0.25) is 5.02 Å². The SMILES string of the molecule is COc1cc(Cl)ccc1-c1nc(C(C)(C)C)cc(=O)[nH]1. The standard InChI is InChI=1S/C15H17ClN2O2/c1-15(2,3)12-8-13(19)18-14(17-12)10-6-5-9(16)7-11(10)20-4/h5-8H,1-4H3,(H,17,18,19). The predicted molar refractivity (Wildman–Crippen MR) is 80.6 cm³/mol. The molecule has 2 rings (SSSR count). The lowest BCUT2D eigenvalue weighted by Crippen LogP contribution is -2.20. The molecule has 0 aliphatic rings. The van der Waals surface area contributed by atoms with E-state index in [0.717, 1.165) is 5.69 Å². The van der Waals surface area contributed by atoms with Crippen molar-refractivity contribution in [3.63, 3.8) is 0 Å². The van der Waals surface area contributed by atoms with Crippen LogP contribution in [0.15, 0.2) is 29.1 Å². The number of methoxy groups -OCH3 is 1. The minimum Gasteiger partial charge on any atom is -0.496 e. The Morgan fingerprint density at radius 1 is 1.25 bits per heavy atom. The number of aromatic amines is 1. The average molecular weight is 293 g/mol. The third-order valence-electron chi connectivity index (χ3n) is 2.93. The minimum absolute atomic E-state index is 0.183. The Hall–Kier alpha value is -1.81. The zero-order valence-corrected chi connectivity index (χ0v) is 12.7. The molecule has 5 heteroatoms. The van der Waals surface area contributed by atoms with Gasteiger partial charge >= 0.3 is 0 Å². The Balaban J connectivity index is 2.64. The van der Waals surface area contributed by atoms with E-state index >= 15 is 0 Å². The first-order chi connectivity index (χ1) is 9.31. The van der Waals surface area contributed by atoms with Crippen LogP contribution in [0.4, 0.5) is 0 Å². The summed E-state index contributed by atoms with van der Waals surface area (Å²) in [6.45, 7) is 6.03. The maximum absolute atomic E-state index is 11.8. The number of hydrogen-bond donors (Lipinski definition) is 1. The molecular formula is C15H17ClN2O2. The van der Waals surface area contributed by atoms with E-state index in [1.165, 1.54) is 6.07 Å². The lowest BCUT2D eigenvalue weighted by atomic mass is 9.92. The highest BCUT2D eigenvalue weighted by Crippen LogP contribution is 2.30. The van der Waals surface area contributed by atoms with Gasteiger partial charge in [0.25, 0.3) is 5.56 Å². The second-order valence-electron chi connectivity index (χ2n) is 5.57. The summed E-state index contributed by atoms with van der Waals surface area (Å²) in [5.41, 5.74) is 1.05. The molecule has 0 spiro atoms. The molecule has 0 amide bonds. The number of nitrogens with one attached hydrogen (secondary N) is 1. The molecule has 1 aromatic carbocycles. The van der Waals surface area contributed by atoms with Crippen LogP contribution in [0, 0.1) is 0 Å². The van der Waals surface area contributed by atoms with Gasteiger partial charge in [0.05, 0.1) is 18.4 Å². The fourth-order valence-corrected chi connectivity index (χ4v) is 1.99. The highest BCUT2D eigenvalue weighted by Gasteiger charge is 2.18. The van der Waals surface area contributed by atoms with Crippen molar-refractivity contribution in [3.05, 3.63) is 45.3 Å². The number of nitrogens with zero attached hydrogens (tertiary/aromatic N) is 1. The first-order valence-corrected chi connectivity index (χ1v) is 6.65. The fourth-order valence-electron chi connectivity index (χ4n) is 1.83. The summed E-state index contributed by atoms with van der Waals surface area (Å²) in [5.74, 6) is 1.06. The summed E-state index contributed by atoms with van der Waals surface area (Å²) in [7, 11) is 1.56. The number of benzene rings is 1. The van der Waals surface area contributed by atoms with Gasteiger partial charge in [-0.1, -0.05) is 32.4 Å². The molecule has 0 atom stereocenters. The summed E-state index contributed by atoms with van der Waals surface area (Å²) in [6.07, 6.45) is 0. The van der Waals surface area contributed by atoms with Crippen molar-refractivity contribution in [3.8, 4) is 17.1 Å². The minimum atomic E-state index is -0.206. The van der Waals surface area contributed by atoms with E-state index in [1.54, 1.807) is 25.3 Å². The van der Waals surface area contributed by atoms with E-state index in [0.29, 0.717) is 22.2 Å². The highest BCUT2D eigenvalue weighted by atomic mass is 35.5. The molecule has 0 fully saturated rings. The van der Waals surface area contributed by atoms with Gasteiger partial charge in [0.2, 0.25) is 0 Å². The maximum atomic E-state index is 11.8. The van der Waals surface area contributed by atoms with Crippen molar-refractivity contribution in [2.75, 3.05) is 7.11 Å². The normalized spacial score (nSPS) is 11.4. The second kappa shape index (κ2) is 5.29. The van der Waals surface area contributed by atoms with E-state index in [4.69, 9.17) is 16.3 Å². The molecule has 0 bridgehead atoms. The van der Waals surface area contributed by atoms with Gasteiger partial charge in [0.1, 0.15) is 11.6 Å². The number of hydrogen-bond acceptors (Lipinski definition) is 3. The topological polar surface area (TPSA) is 55.0 Å². The molecule has 0 unspecified atom stereocenters. The quantitative estimate of drug-likeness (QED) is 0.923. The molecule has 4 nitrogen and oxygen atoms in total. The summed E-state index contributed by atoms with van der Waals surface area (Å²) < 4.78 is 5.30. The molecule has 0 aliphatic carbocycles. The Labute approximate surface area is 122 Å². The van der Waals surface area contributed by atoms with E-state index in [9.17, 15) is 4.79 Å². The van der Waals surface area contributed by atoms with E-state index in [2.05, 4.69) is 9.97 Å². The first-order valence-electron chi connectivity index (χ1n) is 6.27. The molecule has 1 N–H and O–H groups in total. The van der Waals surface area contributed by atoms with E-state index in [-0.39, 0.29) is 11.0 Å². The van der Waals surface area contributed by atoms with Crippen LogP contribution in [-0.4, -0.2) is 17.1 Å². The van der Waals surface area contributed by atoms with Crippen molar-refractivity contribution in [2.45, 2.75) is 26.2 Å². The molecule has 1 heterocycles. The highest BCUT2D eigenvalue weighted by molar-refractivity contribution is 6.30. The van der Waals surface area contributed by atoms with Crippen molar-refractivity contribution in [1.29, 1.82) is 0 Å². The Morgan fingerprint density at radius 3 is 2.55 bits per heavy atom. The van der Waals surface area contributed by atoms with Gasteiger partial charge in [-0.3, -0.25) is 4.79 Å². The van der Waals surface area contributed by atoms with Gasteiger partial charge in [0.15, 0.2) is 0 Å². The van der Waals surface area contributed by atoms with Crippen molar-refractivity contribution >= 4 is 11.6 Å². The van der Waals surface area contributed by atoms with E-state index in [1.807, 2.05) is 20.8 Å². The molecule has 0 saturated heterocycles. The zero-order valence-electron chi connectivity index (χ0n) is 12.0. The van der Waals surface area contributed by atoms with Crippen LogP contribution in [0.5, 0.6) is 5.75 Å². The molecule has 0 aliphatic heterocycles. The molecule has 20 heavy (non-hydrogen) atoms. The summed E-state index contributed by atoms with van der Waals surface area (Å²) in [6, 6.07) is 6.74. The number of ether oxygens (including phenoxy) is 1. The summed E-state index contributed by atoms with van der Waals surface area (Å²) >= 11 is 5.95. The van der Waals surface area contributed by atoms with Gasteiger partial charge in [-0.2, -0.15) is 0 Å². The zero-order chi connectivity index (χ0) is 14.9. The molecule has 0 saturated carbocycles. The van der Waals surface area contributed by atoms with Crippen LogP contribution < -0.4 is 10.3 Å². The first kappa shape index (κ1) is 14.6. The van der Waals surface area contributed by atoms with Gasteiger partial charge in [0, 0.05) is 16.5 Å². The van der Waals surface area contributed by atoms with Gasteiger partial charge in [-0.25, -0.2) is 4.98 Å². The molecule has 1 aromatic heterocycles. The molecular weight excluding hydrogens is 276 g/mol. The predicted octanol–water partition coefficient (Wildman–Crippen LogP) is 3.40. The number of H-pyrrole nitrogens is 1. The van der Waals surface area contributed by atoms with Gasteiger partial charge in [-0.05, 0) is 18.2 Å². The summed E-state index contributed by atoms with van der Waals surface area (Å²) in [4.78, 5) is 19.1. The van der Waals surface area contributed by atoms with E-state index < -0.39 is 0 Å². The third kappa shape index (κ3) is 3.02. The van der Waals surface area contributed by atoms with Gasteiger partial charge in [-0.15, -0.1) is 0 Å². The lowest BCUT2D eigenvalue weighted by molar-refractivity contribution is 0.416. The molecule has 2 aromatic rings. The Morgan fingerprint density at radius 2 is 1.95 bits per heavy atom. The van der Waals surface area contributed by atoms with Crippen LogP contribution >= 0.6 is 11.6 Å². The number of aromatic nitrogens is 2. The molecule has 106 valence electrons. The maximum Gasteiger partial charge on any atom is 0.251 e. The molecule has 0 radical (unpaired) electrons. The number of rotatable bonds is 2. The average Bonchev–Trinajstić information content (AvgIpc) is 2.36. The largest absolute Gasteiger partial charge is 0.496 e. The lowest BCUT2D eigenvalue weighted by Gasteiger charge is -2.18. The van der Waals surface area contributed by atoms with Gasteiger partial charge < -0.3 is 9.72 Å². The van der Waals surface area contributed by atoms with Crippen LogP contribution in [-0.2, 0) is 5.41 Å². The van der Waals surface area contributed by atoms with Crippen molar-refractivity contribution < 1.29 is 4.74 Å². The summed E-state index contributed by atoms with van der Waals surface area (Å²) in [5, 5.41) is 0.569. The van der Waals surface area contributed by atoms with Crippen LogP contribution in [0.1, 0.15) is 26.5 Å². The monoisotopic (exact) mass is 292 g/mol. The second-order valence-corrected chi connectivity index (χ2v) is 6.01. The fraction of sp³-hybridized carbons (Fsp3) is 0.333. The number of halogens is 1. The Bertz CT molecular complexity index is 687. The Kier molecular flexibility index (Phi) is 3.86.